The second-order valence-electron chi connectivity index (χ2n) is 6.56. The van der Waals surface area contributed by atoms with Crippen LogP contribution in [0.1, 0.15) is 23.6 Å². The fourth-order valence-electron chi connectivity index (χ4n) is 3.17. The summed E-state index contributed by atoms with van der Waals surface area (Å²) in [5.41, 5.74) is 4.14. The summed E-state index contributed by atoms with van der Waals surface area (Å²) in [5.74, 6) is 0. The molecule has 1 heterocycles. The second kappa shape index (κ2) is 8.81. The molecule has 0 bridgehead atoms. The van der Waals surface area contributed by atoms with Crippen LogP contribution in [0.5, 0.6) is 0 Å². The van der Waals surface area contributed by atoms with Crippen LogP contribution in [0.25, 0.3) is 6.08 Å². The summed E-state index contributed by atoms with van der Waals surface area (Å²) in [7, 11) is 0. The first-order valence-corrected chi connectivity index (χ1v) is 9.07. The number of benzene rings is 2. The van der Waals surface area contributed by atoms with Gasteiger partial charge in [-0.25, -0.2) is 0 Å². The zero-order valence-corrected chi connectivity index (χ0v) is 14.7. The third-order valence-corrected chi connectivity index (χ3v) is 4.78. The lowest BCUT2D eigenvalue weighted by molar-refractivity contribution is 0.137. The standard InChI is InChI=1S/C22H28N2/c1-2-20-10-12-22(13-11-20)19-24-17-15-23(16-18-24)14-6-9-21-7-4-3-5-8-21/h3-13H,2,14-19H2,1H3. The first-order valence-electron chi connectivity index (χ1n) is 9.07. The van der Waals surface area contributed by atoms with Crippen LogP contribution >= 0.6 is 0 Å². The van der Waals surface area contributed by atoms with E-state index in [1.807, 2.05) is 0 Å². The fraction of sp³-hybridized carbons (Fsp3) is 0.364. The van der Waals surface area contributed by atoms with E-state index in [0.717, 1.165) is 45.7 Å². The minimum atomic E-state index is 1.05. The predicted molar refractivity (Wildman–Crippen MR) is 103 cm³/mol. The van der Waals surface area contributed by atoms with Gasteiger partial charge in [0.15, 0.2) is 0 Å². The molecule has 126 valence electrons. The van der Waals surface area contributed by atoms with Crippen LogP contribution < -0.4 is 0 Å². The van der Waals surface area contributed by atoms with Crippen molar-refractivity contribution in [2.24, 2.45) is 0 Å². The fourth-order valence-corrected chi connectivity index (χ4v) is 3.17. The summed E-state index contributed by atoms with van der Waals surface area (Å²) in [6.45, 7) is 8.98. The lowest BCUT2D eigenvalue weighted by atomic mass is 10.1. The lowest BCUT2D eigenvalue weighted by Gasteiger charge is -2.34. The summed E-state index contributed by atoms with van der Waals surface area (Å²) >= 11 is 0. The van der Waals surface area contributed by atoms with E-state index in [1.165, 1.54) is 16.7 Å². The molecule has 0 spiro atoms. The zero-order valence-electron chi connectivity index (χ0n) is 14.7. The molecule has 2 heteroatoms. The van der Waals surface area contributed by atoms with E-state index in [9.17, 15) is 0 Å². The minimum Gasteiger partial charge on any atom is -0.297 e. The van der Waals surface area contributed by atoms with Gasteiger partial charge < -0.3 is 0 Å². The van der Waals surface area contributed by atoms with E-state index < -0.39 is 0 Å². The molecule has 0 amide bonds. The quantitative estimate of drug-likeness (QED) is 0.791. The maximum atomic E-state index is 2.57. The maximum absolute atomic E-state index is 2.57. The normalized spacial score (nSPS) is 16.7. The summed E-state index contributed by atoms with van der Waals surface area (Å²) in [5, 5.41) is 0. The number of nitrogens with zero attached hydrogens (tertiary/aromatic N) is 2. The van der Waals surface area contributed by atoms with E-state index in [0.29, 0.717) is 0 Å². The maximum Gasteiger partial charge on any atom is 0.0234 e. The highest BCUT2D eigenvalue weighted by Crippen LogP contribution is 2.11. The molecule has 1 aliphatic heterocycles. The third-order valence-electron chi connectivity index (χ3n) is 4.78. The monoisotopic (exact) mass is 320 g/mol. The Morgan fingerprint density at radius 3 is 2.08 bits per heavy atom. The van der Waals surface area contributed by atoms with Gasteiger partial charge in [-0.3, -0.25) is 9.80 Å². The highest BCUT2D eigenvalue weighted by Gasteiger charge is 2.15. The predicted octanol–water partition coefficient (Wildman–Crippen LogP) is 4.08. The largest absolute Gasteiger partial charge is 0.297 e. The van der Waals surface area contributed by atoms with Crippen LogP contribution in [0.3, 0.4) is 0 Å². The van der Waals surface area contributed by atoms with Crippen molar-refractivity contribution in [3.63, 3.8) is 0 Å². The SMILES string of the molecule is CCc1ccc(CN2CCN(CC=Cc3ccccc3)CC2)cc1. The Morgan fingerprint density at radius 1 is 0.792 bits per heavy atom. The zero-order chi connectivity index (χ0) is 16.6. The number of aryl methyl sites for hydroxylation is 1. The topological polar surface area (TPSA) is 6.48 Å². The van der Waals surface area contributed by atoms with Gasteiger partial charge in [0.05, 0.1) is 0 Å². The molecular weight excluding hydrogens is 292 g/mol. The van der Waals surface area contributed by atoms with Crippen LogP contribution in [0, 0.1) is 0 Å². The number of rotatable bonds is 6. The van der Waals surface area contributed by atoms with Gasteiger partial charge in [0.1, 0.15) is 0 Å². The molecule has 0 unspecified atom stereocenters. The van der Waals surface area contributed by atoms with Gasteiger partial charge >= 0.3 is 0 Å². The molecule has 0 N–H and O–H groups in total. The molecule has 0 atom stereocenters. The molecule has 1 fully saturated rings. The number of hydrogen-bond acceptors (Lipinski definition) is 2. The minimum absolute atomic E-state index is 1.05. The average Bonchev–Trinajstić information content (AvgIpc) is 2.65. The van der Waals surface area contributed by atoms with Crippen molar-refractivity contribution in [1.82, 2.24) is 9.80 Å². The second-order valence-corrected chi connectivity index (χ2v) is 6.56. The van der Waals surface area contributed by atoms with Crippen LogP contribution in [0.4, 0.5) is 0 Å². The molecule has 2 nitrogen and oxygen atoms in total. The van der Waals surface area contributed by atoms with Crippen molar-refractivity contribution in [2.75, 3.05) is 32.7 Å². The molecular formula is C22H28N2. The van der Waals surface area contributed by atoms with Crippen molar-refractivity contribution < 1.29 is 0 Å². The summed E-state index contributed by atoms with van der Waals surface area (Å²) < 4.78 is 0. The summed E-state index contributed by atoms with van der Waals surface area (Å²) in [4.78, 5) is 5.11. The van der Waals surface area contributed by atoms with Gasteiger partial charge in [0.2, 0.25) is 0 Å². The molecule has 2 aromatic rings. The van der Waals surface area contributed by atoms with Crippen molar-refractivity contribution in [2.45, 2.75) is 19.9 Å². The number of hydrogen-bond donors (Lipinski definition) is 0. The van der Waals surface area contributed by atoms with Gasteiger partial charge in [-0.05, 0) is 23.1 Å². The van der Waals surface area contributed by atoms with Gasteiger partial charge in [-0.15, -0.1) is 0 Å². The first kappa shape index (κ1) is 16.9. The Hall–Kier alpha value is -1.90. The number of piperazine rings is 1. The van der Waals surface area contributed by atoms with E-state index in [2.05, 4.69) is 83.5 Å². The smallest absolute Gasteiger partial charge is 0.0234 e. The van der Waals surface area contributed by atoms with Crippen molar-refractivity contribution in [3.8, 4) is 0 Å². The highest BCUT2D eigenvalue weighted by molar-refractivity contribution is 5.48. The van der Waals surface area contributed by atoms with Gasteiger partial charge in [-0.2, -0.15) is 0 Å². The van der Waals surface area contributed by atoms with Crippen molar-refractivity contribution >= 4 is 6.08 Å². The molecule has 0 aliphatic carbocycles. The molecule has 0 aromatic heterocycles. The molecule has 1 saturated heterocycles. The molecule has 1 aliphatic rings. The Labute approximate surface area is 146 Å². The molecule has 3 rings (SSSR count). The van der Waals surface area contributed by atoms with Crippen LogP contribution in [-0.4, -0.2) is 42.5 Å². The highest BCUT2D eigenvalue weighted by atomic mass is 15.3. The Bertz CT molecular complexity index is 623. The molecule has 24 heavy (non-hydrogen) atoms. The molecule has 2 aromatic carbocycles. The van der Waals surface area contributed by atoms with E-state index >= 15 is 0 Å². The van der Waals surface area contributed by atoms with Crippen LogP contribution in [0.2, 0.25) is 0 Å². The van der Waals surface area contributed by atoms with E-state index in [1.54, 1.807) is 0 Å². The Kier molecular flexibility index (Phi) is 6.22. The first-order chi connectivity index (χ1) is 11.8. The van der Waals surface area contributed by atoms with Crippen LogP contribution in [-0.2, 0) is 13.0 Å². The van der Waals surface area contributed by atoms with Crippen LogP contribution in [0.15, 0.2) is 60.7 Å². The third kappa shape index (κ3) is 5.05. The van der Waals surface area contributed by atoms with Crippen molar-refractivity contribution in [1.29, 1.82) is 0 Å². The molecule has 0 radical (unpaired) electrons. The lowest BCUT2D eigenvalue weighted by Crippen LogP contribution is -2.45. The molecule has 0 saturated carbocycles. The summed E-state index contributed by atoms with van der Waals surface area (Å²) in [6.07, 6.45) is 5.63. The van der Waals surface area contributed by atoms with Gasteiger partial charge in [0.25, 0.3) is 0 Å². The Morgan fingerprint density at radius 2 is 1.42 bits per heavy atom. The van der Waals surface area contributed by atoms with E-state index in [4.69, 9.17) is 0 Å². The summed E-state index contributed by atoms with van der Waals surface area (Å²) in [6, 6.07) is 19.6. The van der Waals surface area contributed by atoms with Gasteiger partial charge in [0, 0.05) is 39.3 Å². The van der Waals surface area contributed by atoms with Crippen molar-refractivity contribution in [3.05, 3.63) is 77.4 Å². The van der Waals surface area contributed by atoms with Gasteiger partial charge in [-0.1, -0.05) is 73.7 Å². The Balaban J connectivity index is 1.41. The average molecular weight is 320 g/mol. The van der Waals surface area contributed by atoms with E-state index in [-0.39, 0.29) is 0 Å².